The van der Waals surface area contributed by atoms with Gasteiger partial charge in [-0.25, -0.2) is 4.39 Å². The number of hydrogen-bond acceptors (Lipinski definition) is 3. The molecule has 0 aliphatic rings. The maximum Gasteiger partial charge on any atom is 0.305 e. The van der Waals surface area contributed by atoms with Crippen LogP contribution in [0.5, 0.6) is 5.75 Å². The Hall–Kier alpha value is -2.89. The van der Waals surface area contributed by atoms with Crippen LogP contribution in [0.25, 0.3) is 0 Å². The van der Waals surface area contributed by atoms with Gasteiger partial charge >= 0.3 is 5.97 Å². The molecule has 0 saturated heterocycles. The molecular formula is C19H20FNO4. The third-order valence-electron chi connectivity index (χ3n) is 3.55. The van der Waals surface area contributed by atoms with Crippen LogP contribution in [0.4, 0.5) is 4.39 Å². The van der Waals surface area contributed by atoms with Crippen molar-refractivity contribution in [3.8, 4) is 5.75 Å². The molecule has 25 heavy (non-hydrogen) atoms. The van der Waals surface area contributed by atoms with Gasteiger partial charge in [0.1, 0.15) is 11.6 Å². The fraction of sp³-hybridized carbons (Fsp3) is 0.263. The van der Waals surface area contributed by atoms with E-state index >= 15 is 0 Å². The van der Waals surface area contributed by atoms with Crippen molar-refractivity contribution in [1.29, 1.82) is 0 Å². The molecule has 0 saturated carbocycles. The first-order chi connectivity index (χ1) is 12.0. The third kappa shape index (κ3) is 5.60. The summed E-state index contributed by atoms with van der Waals surface area (Å²) in [5, 5.41) is 11.8. The van der Waals surface area contributed by atoms with E-state index in [4.69, 9.17) is 9.84 Å². The maximum absolute atomic E-state index is 13.0. The Morgan fingerprint density at radius 1 is 1.12 bits per heavy atom. The summed E-state index contributed by atoms with van der Waals surface area (Å²) in [6, 6.07) is 11.3. The average molecular weight is 345 g/mol. The number of carbonyl (C=O) groups excluding carboxylic acids is 1. The Bertz CT molecular complexity index is 713. The second-order valence-corrected chi connectivity index (χ2v) is 5.55. The molecule has 2 aromatic rings. The van der Waals surface area contributed by atoms with Crippen LogP contribution < -0.4 is 10.1 Å². The molecule has 1 atom stereocenters. The SMILES string of the molecule is CCCOc1ccc(C(CC(=O)O)NC(=O)c2ccc(F)cc2)cc1. The maximum atomic E-state index is 13.0. The number of carbonyl (C=O) groups is 2. The summed E-state index contributed by atoms with van der Waals surface area (Å²) >= 11 is 0. The molecule has 0 aliphatic carbocycles. The third-order valence-corrected chi connectivity index (χ3v) is 3.55. The van der Waals surface area contributed by atoms with Gasteiger partial charge in [0.15, 0.2) is 0 Å². The van der Waals surface area contributed by atoms with E-state index < -0.39 is 23.7 Å². The van der Waals surface area contributed by atoms with E-state index in [0.717, 1.165) is 6.42 Å². The first kappa shape index (κ1) is 18.4. The van der Waals surface area contributed by atoms with E-state index in [1.807, 2.05) is 6.92 Å². The van der Waals surface area contributed by atoms with Gasteiger partial charge in [0, 0.05) is 5.56 Å². The van der Waals surface area contributed by atoms with Crippen molar-refractivity contribution in [2.45, 2.75) is 25.8 Å². The number of nitrogens with one attached hydrogen (secondary N) is 1. The summed E-state index contributed by atoms with van der Waals surface area (Å²) in [5.74, 6) is -1.25. The zero-order valence-corrected chi connectivity index (χ0v) is 13.9. The minimum Gasteiger partial charge on any atom is -0.494 e. The Kier molecular flexibility index (Phi) is 6.51. The number of hydrogen-bond donors (Lipinski definition) is 2. The lowest BCUT2D eigenvalue weighted by Crippen LogP contribution is -2.30. The first-order valence-electron chi connectivity index (χ1n) is 8.00. The molecule has 1 unspecified atom stereocenters. The Morgan fingerprint density at radius 2 is 1.76 bits per heavy atom. The smallest absolute Gasteiger partial charge is 0.305 e. The molecule has 0 spiro atoms. The van der Waals surface area contributed by atoms with E-state index in [9.17, 15) is 14.0 Å². The summed E-state index contributed by atoms with van der Waals surface area (Å²) in [6.07, 6.45) is 0.624. The highest BCUT2D eigenvalue weighted by molar-refractivity contribution is 5.94. The van der Waals surface area contributed by atoms with Crippen LogP contribution in [0, 0.1) is 5.82 Å². The quantitative estimate of drug-likeness (QED) is 0.767. The van der Waals surface area contributed by atoms with Gasteiger partial charge in [-0.2, -0.15) is 0 Å². The van der Waals surface area contributed by atoms with Crippen molar-refractivity contribution in [3.63, 3.8) is 0 Å². The van der Waals surface area contributed by atoms with Crippen LogP contribution in [0.3, 0.4) is 0 Å². The number of halogens is 1. The van der Waals surface area contributed by atoms with Crippen molar-refractivity contribution in [3.05, 3.63) is 65.5 Å². The highest BCUT2D eigenvalue weighted by Crippen LogP contribution is 2.21. The molecule has 0 bridgehead atoms. The molecule has 132 valence electrons. The summed E-state index contributed by atoms with van der Waals surface area (Å²) in [5.41, 5.74) is 0.918. The fourth-order valence-corrected chi connectivity index (χ4v) is 2.29. The summed E-state index contributed by atoms with van der Waals surface area (Å²) in [7, 11) is 0. The number of aliphatic carboxylic acids is 1. The molecule has 0 heterocycles. The lowest BCUT2D eigenvalue weighted by molar-refractivity contribution is -0.137. The Labute approximate surface area is 145 Å². The summed E-state index contributed by atoms with van der Waals surface area (Å²) in [6.45, 7) is 2.60. The number of ether oxygens (including phenoxy) is 1. The summed E-state index contributed by atoms with van der Waals surface area (Å²) < 4.78 is 18.4. The number of carboxylic acids is 1. The van der Waals surface area contributed by atoms with E-state index in [0.29, 0.717) is 17.9 Å². The predicted molar refractivity (Wildman–Crippen MR) is 91.1 cm³/mol. The molecule has 1 amide bonds. The zero-order valence-electron chi connectivity index (χ0n) is 13.9. The minimum absolute atomic E-state index is 0.262. The van der Waals surface area contributed by atoms with Gasteiger partial charge in [-0.05, 0) is 48.4 Å². The van der Waals surface area contributed by atoms with E-state index in [2.05, 4.69) is 5.32 Å². The first-order valence-corrected chi connectivity index (χ1v) is 8.00. The van der Waals surface area contributed by atoms with Gasteiger partial charge in [-0.3, -0.25) is 9.59 Å². The van der Waals surface area contributed by atoms with Crippen LogP contribution in [0.2, 0.25) is 0 Å². The predicted octanol–water partition coefficient (Wildman–Crippen LogP) is 3.56. The van der Waals surface area contributed by atoms with Crippen molar-refractivity contribution in [2.24, 2.45) is 0 Å². The van der Waals surface area contributed by atoms with Crippen LogP contribution in [-0.2, 0) is 4.79 Å². The molecular weight excluding hydrogens is 325 g/mol. The van der Waals surface area contributed by atoms with Gasteiger partial charge in [-0.1, -0.05) is 19.1 Å². The lowest BCUT2D eigenvalue weighted by atomic mass is 10.0. The largest absolute Gasteiger partial charge is 0.494 e. The molecule has 0 fully saturated rings. The normalized spacial score (nSPS) is 11.6. The zero-order chi connectivity index (χ0) is 18.2. The van der Waals surface area contributed by atoms with Crippen molar-refractivity contribution in [1.82, 2.24) is 5.32 Å². The van der Waals surface area contributed by atoms with Gasteiger partial charge in [0.05, 0.1) is 19.1 Å². The molecule has 5 nitrogen and oxygen atoms in total. The Morgan fingerprint density at radius 3 is 2.32 bits per heavy atom. The molecule has 6 heteroatoms. The molecule has 2 N–H and O–H groups in total. The molecule has 0 aromatic heterocycles. The van der Waals surface area contributed by atoms with Crippen LogP contribution in [-0.4, -0.2) is 23.6 Å². The second kappa shape index (κ2) is 8.82. The van der Waals surface area contributed by atoms with Crippen molar-refractivity contribution in [2.75, 3.05) is 6.61 Å². The van der Waals surface area contributed by atoms with E-state index in [1.165, 1.54) is 24.3 Å². The fourth-order valence-electron chi connectivity index (χ4n) is 2.29. The molecule has 0 aliphatic heterocycles. The average Bonchev–Trinajstić information content (AvgIpc) is 2.60. The standard InChI is InChI=1S/C19H20FNO4/c1-2-11-25-16-9-5-13(6-10-16)17(12-18(22)23)21-19(24)14-3-7-15(20)8-4-14/h3-10,17H,2,11-12H2,1H3,(H,21,24)(H,22,23). The minimum atomic E-state index is -1.03. The number of rotatable bonds is 8. The topological polar surface area (TPSA) is 75.6 Å². The molecule has 2 aromatic carbocycles. The number of carboxylic acid groups (broad SMARTS) is 1. The lowest BCUT2D eigenvalue weighted by Gasteiger charge is -2.18. The highest BCUT2D eigenvalue weighted by atomic mass is 19.1. The van der Waals surface area contributed by atoms with Crippen LogP contribution in [0.15, 0.2) is 48.5 Å². The molecule has 0 radical (unpaired) electrons. The van der Waals surface area contributed by atoms with Gasteiger partial charge in [0.2, 0.25) is 0 Å². The van der Waals surface area contributed by atoms with E-state index in [1.54, 1.807) is 24.3 Å². The van der Waals surface area contributed by atoms with E-state index in [-0.39, 0.29) is 12.0 Å². The summed E-state index contributed by atoms with van der Waals surface area (Å²) in [4.78, 5) is 23.4. The van der Waals surface area contributed by atoms with Crippen LogP contribution >= 0.6 is 0 Å². The van der Waals surface area contributed by atoms with Crippen molar-refractivity contribution >= 4 is 11.9 Å². The van der Waals surface area contributed by atoms with Gasteiger partial charge in [0.25, 0.3) is 5.91 Å². The Balaban J connectivity index is 2.13. The van der Waals surface area contributed by atoms with Gasteiger partial charge in [-0.15, -0.1) is 0 Å². The number of amides is 1. The second-order valence-electron chi connectivity index (χ2n) is 5.55. The van der Waals surface area contributed by atoms with Crippen molar-refractivity contribution < 1.29 is 23.8 Å². The van der Waals surface area contributed by atoms with Gasteiger partial charge < -0.3 is 15.2 Å². The monoisotopic (exact) mass is 345 g/mol. The highest BCUT2D eigenvalue weighted by Gasteiger charge is 2.19. The van der Waals surface area contributed by atoms with Crippen LogP contribution in [0.1, 0.15) is 41.7 Å². The number of benzene rings is 2. The molecule has 2 rings (SSSR count).